The summed E-state index contributed by atoms with van der Waals surface area (Å²) < 4.78 is 5.80. The molecule has 0 fully saturated rings. The standard InChI is InChI=1S/C19H17N3O3S/c1-11-10-26-19(21-11)22-18(24)15-9-13(7-8-16(15)20)25-17-6-4-3-5-14(17)12(2)23/h3-10H,20H2,1-2H3,(H,21,22,24). The van der Waals surface area contributed by atoms with Crippen molar-refractivity contribution in [2.24, 2.45) is 0 Å². The number of carbonyl (C=O) groups is 2. The van der Waals surface area contributed by atoms with Gasteiger partial charge in [0.05, 0.1) is 16.8 Å². The number of nitrogen functional groups attached to an aromatic ring is 1. The van der Waals surface area contributed by atoms with Crippen LogP contribution in [0.2, 0.25) is 0 Å². The van der Waals surface area contributed by atoms with Crippen LogP contribution in [0.3, 0.4) is 0 Å². The molecular weight excluding hydrogens is 350 g/mol. The maximum absolute atomic E-state index is 12.5. The van der Waals surface area contributed by atoms with E-state index in [-0.39, 0.29) is 17.3 Å². The van der Waals surface area contributed by atoms with Crippen molar-refractivity contribution in [3.05, 3.63) is 64.7 Å². The Labute approximate surface area is 154 Å². The Balaban J connectivity index is 1.86. The van der Waals surface area contributed by atoms with Crippen LogP contribution < -0.4 is 15.8 Å². The summed E-state index contributed by atoms with van der Waals surface area (Å²) in [6, 6.07) is 11.7. The van der Waals surface area contributed by atoms with Crippen molar-refractivity contribution in [3.63, 3.8) is 0 Å². The third kappa shape index (κ3) is 3.89. The van der Waals surface area contributed by atoms with Crippen LogP contribution in [0, 0.1) is 6.92 Å². The fraction of sp³-hybridized carbons (Fsp3) is 0.105. The lowest BCUT2D eigenvalue weighted by Gasteiger charge is -2.11. The summed E-state index contributed by atoms with van der Waals surface area (Å²) >= 11 is 1.34. The van der Waals surface area contributed by atoms with Gasteiger partial charge in [0, 0.05) is 11.1 Å². The number of hydrogen-bond donors (Lipinski definition) is 2. The maximum Gasteiger partial charge on any atom is 0.259 e. The molecule has 3 aromatic rings. The number of anilines is 2. The smallest absolute Gasteiger partial charge is 0.259 e. The minimum absolute atomic E-state index is 0.104. The Morgan fingerprint density at radius 1 is 1.15 bits per heavy atom. The summed E-state index contributed by atoms with van der Waals surface area (Å²) in [6.07, 6.45) is 0. The minimum Gasteiger partial charge on any atom is -0.457 e. The van der Waals surface area contributed by atoms with Gasteiger partial charge in [-0.05, 0) is 44.2 Å². The van der Waals surface area contributed by atoms with Gasteiger partial charge in [0.2, 0.25) is 0 Å². The van der Waals surface area contributed by atoms with E-state index in [9.17, 15) is 9.59 Å². The zero-order valence-electron chi connectivity index (χ0n) is 14.3. The zero-order chi connectivity index (χ0) is 18.7. The molecule has 0 aliphatic heterocycles. The lowest BCUT2D eigenvalue weighted by atomic mass is 10.1. The molecule has 0 saturated heterocycles. The predicted molar refractivity (Wildman–Crippen MR) is 102 cm³/mol. The number of hydrogen-bond acceptors (Lipinski definition) is 6. The molecule has 1 amide bonds. The van der Waals surface area contributed by atoms with Crippen LogP contribution in [0.5, 0.6) is 11.5 Å². The first-order chi connectivity index (χ1) is 12.4. The van der Waals surface area contributed by atoms with Crippen molar-refractivity contribution >= 4 is 33.8 Å². The molecule has 0 atom stereocenters. The van der Waals surface area contributed by atoms with Gasteiger partial charge in [-0.2, -0.15) is 0 Å². The highest BCUT2D eigenvalue weighted by molar-refractivity contribution is 7.13. The van der Waals surface area contributed by atoms with Gasteiger partial charge in [-0.3, -0.25) is 14.9 Å². The van der Waals surface area contributed by atoms with Crippen LogP contribution in [0.4, 0.5) is 10.8 Å². The van der Waals surface area contributed by atoms with E-state index in [2.05, 4.69) is 10.3 Å². The second-order valence-corrected chi connectivity index (χ2v) is 6.51. The number of nitrogens with two attached hydrogens (primary N) is 1. The van der Waals surface area contributed by atoms with E-state index in [1.807, 2.05) is 12.3 Å². The van der Waals surface area contributed by atoms with Crippen LogP contribution in [-0.2, 0) is 0 Å². The van der Waals surface area contributed by atoms with Gasteiger partial charge < -0.3 is 10.5 Å². The third-order valence-electron chi connectivity index (χ3n) is 3.60. The number of carbonyl (C=O) groups excluding carboxylic acids is 2. The largest absolute Gasteiger partial charge is 0.457 e. The number of aryl methyl sites for hydroxylation is 1. The van der Waals surface area contributed by atoms with Gasteiger partial charge >= 0.3 is 0 Å². The fourth-order valence-electron chi connectivity index (χ4n) is 2.34. The molecule has 1 aromatic heterocycles. The molecule has 0 unspecified atom stereocenters. The molecule has 6 nitrogen and oxygen atoms in total. The average Bonchev–Trinajstić information content (AvgIpc) is 3.01. The number of Topliss-reactive ketones (excluding diaryl/α,β-unsaturated/α-hetero) is 1. The first-order valence-electron chi connectivity index (χ1n) is 7.85. The average molecular weight is 367 g/mol. The Bertz CT molecular complexity index is 982. The number of amides is 1. The molecule has 0 aliphatic carbocycles. The van der Waals surface area contributed by atoms with Crippen LogP contribution in [0.1, 0.15) is 33.3 Å². The highest BCUT2D eigenvalue weighted by Crippen LogP contribution is 2.28. The quantitative estimate of drug-likeness (QED) is 0.518. The number of ketones is 1. The molecule has 0 radical (unpaired) electrons. The topological polar surface area (TPSA) is 94.3 Å². The molecule has 0 bridgehead atoms. The van der Waals surface area contributed by atoms with E-state index in [1.165, 1.54) is 18.3 Å². The monoisotopic (exact) mass is 367 g/mol. The Kier molecular flexibility index (Phi) is 4.99. The van der Waals surface area contributed by atoms with E-state index in [4.69, 9.17) is 10.5 Å². The molecule has 132 valence electrons. The van der Waals surface area contributed by atoms with Crippen LogP contribution in [-0.4, -0.2) is 16.7 Å². The molecule has 26 heavy (non-hydrogen) atoms. The van der Waals surface area contributed by atoms with E-state index >= 15 is 0 Å². The van der Waals surface area contributed by atoms with E-state index in [0.29, 0.717) is 27.9 Å². The van der Waals surface area contributed by atoms with Gasteiger partial charge in [0.15, 0.2) is 10.9 Å². The van der Waals surface area contributed by atoms with Crippen molar-refractivity contribution in [1.82, 2.24) is 4.98 Å². The van der Waals surface area contributed by atoms with Crippen molar-refractivity contribution in [2.75, 3.05) is 11.1 Å². The molecule has 3 N–H and O–H groups in total. The summed E-state index contributed by atoms with van der Waals surface area (Å²) in [6.45, 7) is 3.32. The summed E-state index contributed by atoms with van der Waals surface area (Å²) in [5.41, 5.74) is 7.83. The van der Waals surface area contributed by atoms with Gasteiger partial charge in [0.25, 0.3) is 5.91 Å². The second-order valence-electron chi connectivity index (χ2n) is 5.65. The number of benzene rings is 2. The summed E-state index contributed by atoms with van der Waals surface area (Å²) in [5.74, 6) is 0.357. The van der Waals surface area contributed by atoms with Crippen molar-refractivity contribution < 1.29 is 14.3 Å². The highest BCUT2D eigenvalue weighted by atomic mass is 32.1. The third-order valence-corrected chi connectivity index (χ3v) is 4.48. The molecule has 0 spiro atoms. The first-order valence-corrected chi connectivity index (χ1v) is 8.73. The van der Waals surface area contributed by atoms with Gasteiger partial charge in [-0.1, -0.05) is 12.1 Å². The normalized spacial score (nSPS) is 10.4. The predicted octanol–water partition coefficient (Wildman–Crippen LogP) is 4.28. The SMILES string of the molecule is CC(=O)c1ccccc1Oc1ccc(N)c(C(=O)Nc2nc(C)cs2)c1. The Morgan fingerprint density at radius 3 is 2.62 bits per heavy atom. The van der Waals surface area contributed by atoms with Gasteiger partial charge in [-0.15, -0.1) is 11.3 Å². The zero-order valence-corrected chi connectivity index (χ0v) is 15.1. The molecule has 0 aliphatic rings. The molecule has 3 rings (SSSR count). The minimum atomic E-state index is -0.373. The van der Waals surface area contributed by atoms with E-state index in [0.717, 1.165) is 5.69 Å². The lowest BCUT2D eigenvalue weighted by molar-refractivity contribution is 0.101. The van der Waals surface area contributed by atoms with E-state index in [1.54, 1.807) is 42.5 Å². The van der Waals surface area contributed by atoms with Crippen LogP contribution >= 0.6 is 11.3 Å². The molecule has 1 heterocycles. The Hall–Kier alpha value is -3.19. The lowest BCUT2D eigenvalue weighted by Crippen LogP contribution is -2.14. The molecule has 7 heteroatoms. The number of para-hydroxylation sites is 1. The van der Waals surface area contributed by atoms with Gasteiger partial charge in [0.1, 0.15) is 11.5 Å². The van der Waals surface area contributed by atoms with Crippen LogP contribution in [0.15, 0.2) is 47.8 Å². The number of nitrogens with one attached hydrogen (secondary N) is 1. The molecule has 0 saturated carbocycles. The van der Waals surface area contributed by atoms with Crippen LogP contribution in [0.25, 0.3) is 0 Å². The summed E-state index contributed by atoms with van der Waals surface area (Å²) in [4.78, 5) is 28.4. The van der Waals surface area contributed by atoms with Gasteiger partial charge in [-0.25, -0.2) is 4.98 Å². The highest BCUT2D eigenvalue weighted by Gasteiger charge is 2.15. The molecular formula is C19H17N3O3S. The second kappa shape index (κ2) is 7.37. The first kappa shape index (κ1) is 17.6. The fourth-order valence-corrected chi connectivity index (χ4v) is 3.03. The Morgan fingerprint density at radius 2 is 1.92 bits per heavy atom. The van der Waals surface area contributed by atoms with Crippen molar-refractivity contribution in [2.45, 2.75) is 13.8 Å². The maximum atomic E-state index is 12.5. The summed E-state index contributed by atoms with van der Waals surface area (Å²) in [5, 5.41) is 5.06. The van der Waals surface area contributed by atoms with Crippen molar-refractivity contribution in [1.29, 1.82) is 0 Å². The molecule has 2 aromatic carbocycles. The number of rotatable bonds is 5. The number of nitrogens with zero attached hydrogens (tertiary/aromatic N) is 1. The summed E-state index contributed by atoms with van der Waals surface area (Å²) in [7, 11) is 0. The number of ether oxygens (including phenoxy) is 1. The van der Waals surface area contributed by atoms with E-state index < -0.39 is 0 Å². The van der Waals surface area contributed by atoms with Crippen molar-refractivity contribution in [3.8, 4) is 11.5 Å². The number of thiazole rings is 1. The number of aromatic nitrogens is 1.